The van der Waals surface area contributed by atoms with Crippen LogP contribution in [0.3, 0.4) is 0 Å². The highest BCUT2D eigenvalue weighted by atomic mass is 32.2. The van der Waals surface area contributed by atoms with Gasteiger partial charge in [0, 0.05) is 36.4 Å². The molecule has 24 heavy (non-hydrogen) atoms. The van der Waals surface area contributed by atoms with Crippen molar-refractivity contribution >= 4 is 34.5 Å². The summed E-state index contributed by atoms with van der Waals surface area (Å²) in [6.07, 6.45) is 3.17. The molecule has 2 amide bonds. The van der Waals surface area contributed by atoms with E-state index in [0.717, 1.165) is 24.2 Å². The molecule has 2 heterocycles. The SMILES string of the molecule is Cc1cccc2c1cnn2CCCNC(=O)[C@@H]1CSCCC(=O)N1. The molecule has 1 aromatic heterocycles. The van der Waals surface area contributed by atoms with Crippen LogP contribution in [0.25, 0.3) is 10.9 Å². The number of nitrogens with zero attached hydrogens (tertiary/aromatic N) is 2. The number of carbonyl (C=O) groups is 2. The molecule has 1 saturated heterocycles. The van der Waals surface area contributed by atoms with Gasteiger partial charge in [-0.3, -0.25) is 14.3 Å². The molecule has 0 aliphatic carbocycles. The largest absolute Gasteiger partial charge is 0.354 e. The zero-order valence-corrected chi connectivity index (χ0v) is 14.6. The number of fused-ring (bicyclic) bond motifs is 1. The van der Waals surface area contributed by atoms with E-state index in [0.29, 0.717) is 18.7 Å². The zero-order valence-electron chi connectivity index (χ0n) is 13.7. The molecular formula is C17H22N4O2S. The summed E-state index contributed by atoms with van der Waals surface area (Å²) in [6, 6.07) is 5.75. The van der Waals surface area contributed by atoms with Crippen LogP contribution in [0.5, 0.6) is 0 Å². The number of amides is 2. The van der Waals surface area contributed by atoms with Crippen LogP contribution < -0.4 is 10.6 Å². The summed E-state index contributed by atoms with van der Waals surface area (Å²) in [5.41, 5.74) is 2.34. The third-order valence-corrected chi connectivity index (χ3v) is 5.22. The Kier molecular flexibility index (Phi) is 5.40. The zero-order chi connectivity index (χ0) is 16.9. The maximum absolute atomic E-state index is 12.2. The van der Waals surface area contributed by atoms with Gasteiger partial charge in [0.05, 0.1) is 11.7 Å². The molecular weight excluding hydrogens is 324 g/mol. The summed E-state index contributed by atoms with van der Waals surface area (Å²) in [7, 11) is 0. The van der Waals surface area contributed by atoms with Crippen molar-refractivity contribution in [2.45, 2.75) is 32.4 Å². The topological polar surface area (TPSA) is 76.0 Å². The van der Waals surface area contributed by atoms with Crippen molar-refractivity contribution in [3.63, 3.8) is 0 Å². The maximum Gasteiger partial charge on any atom is 0.243 e. The summed E-state index contributed by atoms with van der Waals surface area (Å²) in [4.78, 5) is 23.7. The molecule has 1 aliphatic heterocycles. The van der Waals surface area contributed by atoms with E-state index in [2.05, 4.69) is 34.8 Å². The normalized spacial score (nSPS) is 18.2. The molecule has 0 bridgehead atoms. The van der Waals surface area contributed by atoms with Crippen LogP contribution in [-0.4, -0.2) is 45.7 Å². The average molecular weight is 346 g/mol. The van der Waals surface area contributed by atoms with Gasteiger partial charge in [-0.1, -0.05) is 12.1 Å². The van der Waals surface area contributed by atoms with Gasteiger partial charge in [-0.2, -0.15) is 16.9 Å². The Morgan fingerprint density at radius 2 is 2.38 bits per heavy atom. The number of nitrogens with one attached hydrogen (secondary N) is 2. The van der Waals surface area contributed by atoms with E-state index in [9.17, 15) is 9.59 Å². The van der Waals surface area contributed by atoms with Gasteiger partial charge in [-0.25, -0.2) is 0 Å². The second kappa shape index (κ2) is 7.70. The predicted octanol–water partition coefficient (Wildman–Crippen LogP) is 1.47. The summed E-state index contributed by atoms with van der Waals surface area (Å²) in [5.74, 6) is 1.28. The lowest BCUT2D eigenvalue weighted by Crippen LogP contribution is -2.47. The smallest absolute Gasteiger partial charge is 0.243 e. The Morgan fingerprint density at radius 3 is 3.25 bits per heavy atom. The molecule has 0 unspecified atom stereocenters. The van der Waals surface area contributed by atoms with Gasteiger partial charge in [-0.05, 0) is 25.0 Å². The van der Waals surface area contributed by atoms with E-state index in [-0.39, 0.29) is 11.8 Å². The Hall–Kier alpha value is -2.02. The van der Waals surface area contributed by atoms with Gasteiger partial charge in [0.2, 0.25) is 11.8 Å². The van der Waals surface area contributed by atoms with Crippen LogP contribution in [0.1, 0.15) is 18.4 Å². The van der Waals surface area contributed by atoms with Gasteiger partial charge >= 0.3 is 0 Å². The van der Waals surface area contributed by atoms with Gasteiger partial charge in [-0.15, -0.1) is 0 Å². The van der Waals surface area contributed by atoms with Crippen LogP contribution in [-0.2, 0) is 16.1 Å². The molecule has 2 N–H and O–H groups in total. The summed E-state index contributed by atoms with van der Waals surface area (Å²) in [5, 5.41) is 11.3. The number of thioether (sulfide) groups is 1. The molecule has 2 aromatic rings. The van der Waals surface area contributed by atoms with Crippen molar-refractivity contribution in [2.24, 2.45) is 0 Å². The highest BCUT2D eigenvalue weighted by molar-refractivity contribution is 7.99. The molecule has 7 heteroatoms. The lowest BCUT2D eigenvalue weighted by molar-refractivity contribution is -0.128. The molecule has 1 fully saturated rings. The van der Waals surface area contributed by atoms with Crippen molar-refractivity contribution < 1.29 is 9.59 Å². The second-order valence-corrected chi connectivity index (χ2v) is 7.11. The van der Waals surface area contributed by atoms with Gasteiger partial charge in [0.25, 0.3) is 0 Å². The molecule has 6 nitrogen and oxygen atoms in total. The molecule has 0 saturated carbocycles. The fraction of sp³-hybridized carbons (Fsp3) is 0.471. The van der Waals surface area contributed by atoms with Crippen molar-refractivity contribution in [3.05, 3.63) is 30.0 Å². The standard InChI is InChI=1S/C17H22N4O2S/c1-12-4-2-5-15-13(12)10-19-21(15)8-3-7-18-17(23)14-11-24-9-6-16(22)20-14/h2,4-5,10,14H,3,6-9,11H2,1H3,(H,18,23)(H,20,22)/t14-/m0/s1. The first-order chi connectivity index (χ1) is 11.6. The Morgan fingerprint density at radius 1 is 1.50 bits per heavy atom. The van der Waals surface area contributed by atoms with E-state index >= 15 is 0 Å². The highest BCUT2D eigenvalue weighted by Gasteiger charge is 2.22. The number of rotatable bonds is 5. The Bertz CT molecular complexity index is 743. The second-order valence-electron chi connectivity index (χ2n) is 5.97. The fourth-order valence-corrected chi connectivity index (χ4v) is 3.77. The summed E-state index contributed by atoms with van der Waals surface area (Å²) < 4.78 is 1.97. The van der Waals surface area contributed by atoms with E-state index < -0.39 is 6.04 Å². The molecule has 3 rings (SSSR count). The first-order valence-corrected chi connectivity index (χ1v) is 9.36. The lowest BCUT2D eigenvalue weighted by atomic mass is 10.1. The molecule has 1 aromatic carbocycles. The number of benzene rings is 1. The van der Waals surface area contributed by atoms with Gasteiger partial charge < -0.3 is 10.6 Å². The first-order valence-electron chi connectivity index (χ1n) is 8.21. The van der Waals surface area contributed by atoms with Crippen molar-refractivity contribution in [1.82, 2.24) is 20.4 Å². The van der Waals surface area contributed by atoms with Crippen LogP contribution in [0.2, 0.25) is 0 Å². The monoisotopic (exact) mass is 346 g/mol. The van der Waals surface area contributed by atoms with E-state index in [4.69, 9.17) is 0 Å². The summed E-state index contributed by atoms with van der Waals surface area (Å²) in [6.45, 7) is 3.40. The number of aryl methyl sites for hydroxylation is 2. The van der Waals surface area contributed by atoms with Crippen LogP contribution in [0.15, 0.2) is 24.4 Å². The average Bonchev–Trinajstić information content (AvgIpc) is 2.86. The predicted molar refractivity (Wildman–Crippen MR) is 96.0 cm³/mol. The van der Waals surface area contributed by atoms with Crippen LogP contribution in [0, 0.1) is 6.92 Å². The highest BCUT2D eigenvalue weighted by Crippen LogP contribution is 2.17. The first kappa shape index (κ1) is 16.8. The van der Waals surface area contributed by atoms with E-state index in [1.165, 1.54) is 10.9 Å². The summed E-state index contributed by atoms with van der Waals surface area (Å²) >= 11 is 1.64. The maximum atomic E-state index is 12.2. The Balaban J connectivity index is 1.48. The Labute approximate surface area is 145 Å². The van der Waals surface area contributed by atoms with Gasteiger partial charge in [0.15, 0.2) is 0 Å². The molecule has 128 valence electrons. The molecule has 0 radical (unpaired) electrons. The van der Waals surface area contributed by atoms with E-state index in [1.807, 2.05) is 16.9 Å². The minimum Gasteiger partial charge on any atom is -0.354 e. The number of hydrogen-bond donors (Lipinski definition) is 2. The van der Waals surface area contributed by atoms with Crippen molar-refractivity contribution in [1.29, 1.82) is 0 Å². The quantitative estimate of drug-likeness (QED) is 0.804. The van der Waals surface area contributed by atoms with Crippen molar-refractivity contribution in [3.8, 4) is 0 Å². The number of carbonyl (C=O) groups excluding carboxylic acids is 2. The lowest BCUT2D eigenvalue weighted by Gasteiger charge is -2.15. The minimum atomic E-state index is -0.418. The van der Waals surface area contributed by atoms with Gasteiger partial charge in [0.1, 0.15) is 6.04 Å². The third kappa shape index (κ3) is 3.90. The van der Waals surface area contributed by atoms with Crippen molar-refractivity contribution in [2.75, 3.05) is 18.1 Å². The molecule has 1 atom stereocenters. The molecule has 1 aliphatic rings. The number of hydrogen-bond acceptors (Lipinski definition) is 4. The minimum absolute atomic E-state index is 0.0430. The van der Waals surface area contributed by atoms with Crippen LogP contribution >= 0.6 is 11.8 Å². The fourth-order valence-electron chi connectivity index (χ4n) is 2.81. The van der Waals surface area contributed by atoms with Crippen LogP contribution in [0.4, 0.5) is 0 Å². The number of aromatic nitrogens is 2. The third-order valence-electron chi connectivity index (χ3n) is 4.16. The van der Waals surface area contributed by atoms with E-state index in [1.54, 1.807) is 11.8 Å². The molecule has 0 spiro atoms.